The number of nitrogen functional groups attached to an aromatic ring is 1. The number of hydrogen-bond donors (Lipinski definition) is 1. The number of fused-ring (bicyclic) bond motifs is 1. The van der Waals surface area contributed by atoms with Gasteiger partial charge >= 0.3 is 0 Å². The van der Waals surface area contributed by atoms with Crippen molar-refractivity contribution in [3.8, 4) is 0 Å². The van der Waals surface area contributed by atoms with Crippen LogP contribution in [0.3, 0.4) is 0 Å². The van der Waals surface area contributed by atoms with Crippen LogP contribution in [0, 0.1) is 6.92 Å². The van der Waals surface area contributed by atoms with Gasteiger partial charge in [-0.15, -0.1) is 6.58 Å². The minimum atomic E-state index is -0.0379. The van der Waals surface area contributed by atoms with Gasteiger partial charge in [-0.1, -0.05) is 6.08 Å². The molecular formula is C13H13NO2. The molecule has 0 bridgehead atoms. The summed E-state index contributed by atoms with van der Waals surface area (Å²) in [6.45, 7) is 5.43. The number of anilines is 1. The average molecular weight is 215 g/mol. The maximum atomic E-state index is 11.7. The van der Waals surface area contributed by atoms with Crippen LogP contribution in [0.1, 0.15) is 11.3 Å². The molecule has 0 saturated carbocycles. The Hall–Kier alpha value is -2.03. The lowest BCUT2D eigenvalue weighted by molar-refractivity contribution is 0.562. The largest absolute Gasteiger partial charge is 0.461 e. The molecule has 0 fully saturated rings. The standard InChI is InChI=1S/C13H13NO2/c1-3-4-9-11(14)6-5-10-12(15)7-8(2)16-13(9)10/h3,5-7H,1,4,14H2,2H3. The zero-order valence-corrected chi connectivity index (χ0v) is 9.12. The molecule has 16 heavy (non-hydrogen) atoms. The molecule has 1 heterocycles. The van der Waals surface area contributed by atoms with Gasteiger partial charge in [-0.3, -0.25) is 4.79 Å². The van der Waals surface area contributed by atoms with Gasteiger partial charge in [0.15, 0.2) is 5.43 Å². The van der Waals surface area contributed by atoms with Crippen LogP contribution in [-0.2, 0) is 6.42 Å². The Balaban J connectivity index is 2.91. The van der Waals surface area contributed by atoms with Crippen LogP contribution < -0.4 is 11.2 Å². The van der Waals surface area contributed by atoms with Crippen molar-refractivity contribution in [2.75, 3.05) is 5.73 Å². The monoisotopic (exact) mass is 215 g/mol. The second-order valence-corrected chi connectivity index (χ2v) is 3.72. The number of hydrogen-bond acceptors (Lipinski definition) is 3. The fraction of sp³-hybridized carbons (Fsp3) is 0.154. The van der Waals surface area contributed by atoms with Gasteiger partial charge in [-0.25, -0.2) is 0 Å². The number of aryl methyl sites for hydroxylation is 1. The van der Waals surface area contributed by atoms with Gasteiger partial charge in [-0.05, 0) is 25.5 Å². The lowest BCUT2D eigenvalue weighted by atomic mass is 10.1. The van der Waals surface area contributed by atoms with E-state index in [2.05, 4.69) is 6.58 Å². The van der Waals surface area contributed by atoms with E-state index in [1.807, 2.05) is 0 Å². The minimum Gasteiger partial charge on any atom is -0.461 e. The third-order valence-electron chi connectivity index (χ3n) is 2.51. The van der Waals surface area contributed by atoms with Gasteiger partial charge in [0.1, 0.15) is 11.3 Å². The van der Waals surface area contributed by atoms with Gasteiger partial charge in [0.05, 0.1) is 5.39 Å². The first-order valence-electron chi connectivity index (χ1n) is 5.06. The van der Waals surface area contributed by atoms with Crippen LogP contribution >= 0.6 is 0 Å². The fourth-order valence-electron chi connectivity index (χ4n) is 1.76. The highest BCUT2D eigenvalue weighted by Gasteiger charge is 2.09. The molecule has 2 N–H and O–H groups in total. The van der Waals surface area contributed by atoms with Gasteiger partial charge < -0.3 is 10.2 Å². The molecule has 0 aliphatic rings. The lowest BCUT2D eigenvalue weighted by Gasteiger charge is -2.07. The summed E-state index contributed by atoms with van der Waals surface area (Å²) in [5.74, 6) is 0.591. The SMILES string of the molecule is C=CCc1c(N)ccc2c(=O)cc(C)oc12. The van der Waals surface area contributed by atoms with Gasteiger partial charge in [0, 0.05) is 17.3 Å². The zero-order valence-electron chi connectivity index (χ0n) is 9.12. The number of allylic oxidation sites excluding steroid dienone is 1. The molecule has 3 nitrogen and oxygen atoms in total. The average Bonchev–Trinajstić information content (AvgIpc) is 2.22. The molecule has 1 aromatic carbocycles. The third kappa shape index (κ3) is 1.60. The molecule has 82 valence electrons. The maximum Gasteiger partial charge on any atom is 0.192 e. The summed E-state index contributed by atoms with van der Waals surface area (Å²) in [6.07, 6.45) is 2.34. The van der Waals surface area contributed by atoms with E-state index >= 15 is 0 Å². The fourth-order valence-corrected chi connectivity index (χ4v) is 1.76. The van der Waals surface area contributed by atoms with Crippen molar-refractivity contribution in [2.24, 2.45) is 0 Å². The highest BCUT2D eigenvalue weighted by molar-refractivity contribution is 5.84. The summed E-state index contributed by atoms with van der Waals surface area (Å²) in [5.41, 5.74) is 7.85. The Labute approximate surface area is 93.2 Å². The number of nitrogens with two attached hydrogens (primary N) is 1. The van der Waals surface area contributed by atoms with E-state index in [1.54, 1.807) is 25.1 Å². The Morgan fingerprint density at radius 2 is 2.25 bits per heavy atom. The number of rotatable bonds is 2. The second-order valence-electron chi connectivity index (χ2n) is 3.72. The molecule has 0 amide bonds. The van der Waals surface area contributed by atoms with Crippen LogP contribution in [0.4, 0.5) is 5.69 Å². The van der Waals surface area contributed by atoms with Gasteiger partial charge in [-0.2, -0.15) is 0 Å². The summed E-state index contributed by atoms with van der Waals surface area (Å²) in [4.78, 5) is 11.7. The van der Waals surface area contributed by atoms with Crippen LogP contribution in [0.15, 0.2) is 40.1 Å². The molecule has 0 atom stereocenters. The smallest absolute Gasteiger partial charge is 0.192 e. The summed E-state index contributed by atoms with van der Waals surface area (Å²) in [5, 5.41) is 0.566. The van der Waals surface area contributed by atoms with Crippen molar-refractivity contribution in [3.63, 3.8) is 0 Å². The first-order chi connectivity index (χ1) is 7.63. The lowest BCUT2D eigenvalue weighted by Crippen LogP contribution is -2.04. The maximum absolute atomic E-state index is 11.7. The van der Waals surface area contributed by atoms with Crippen molar-refractivity contribution in [1.29, 1.82) is 0 Å². The molecule has 0 unspecified atom stereocenters. The minimum absolute atomic E-state index is 0.0379. The van der Waals surface area contributed by atoms with E-state index in [0.29, 0.717) is 28.8 Å². The molecule has 2 aromatic rings. The summed E-state index contributed by atoms with van der Waals surface area (Å²) >= 11 is 0. The summed E-state index contributed by atoms with van der Waals surface area (Å²) in [6, 6.07) is 4.91. The Morgan fingerprint density at radius 3 is 2.94 bits per heavy atom. The van der Waals surface area contributed by atoms with Crippen molar-refractivity contribution < 1.29 is 4.42 Å². The van der Waals surface area contributed by atoms with E-state index in [9.17, 15) is 4.79 Å². The van der Waals surface area contributed by atoms with E-state index < -0.39 is 0 Å². The Bertz CT molecular complexity index is 611. The van der Waals surface area contributed by atoms with Crippen molar-refractivity contribution in [2.45, 2.75) is 13.3 Å². The number of benzene rings is 1. The van der Waals surface area contributed by atoms with Crippen molar-refractivity contribution in [3.05, 3.63) is 52.4 Å². The van der Waals surface area contributed by atoms with E-state index in [4.69, 9.17) is 10.2 Å². The molecule has 3 heteroatoms. The zero-order chi connectivity index (χ0) is 11.7. The molecule has 0 radical (unpaired) electrons. The van der Waals surface area contributed by atoms with Crippen molar-refractivity contribution in [1.82, 2.24) is 0 Å². The van der Waals surface area contributed by atoms with Gasteiger partial charge in [0.2, 0.25) is 0 Å². The normalized spacial score (nSPS) is 10.6. The topological polar surface area (TPSA) is 56.2 Å². The van der Waals surface area contributed by atoms with E-state index in [-0.39, 0.29) is 5.43 Å². The third-order valence-corrected chi connectivity index (χ3v) is 2.51. The molecular weight excluding hydrogens is 202 g/mol. The Kier molecular flexibility index (Phi) is 2.52. The summed E-state index contributed by atoms with van der Waals surface area (Å²) < 4.78 is 5.58. The highest BCUT2D eigenvalue weighted by Crippen LogP contribution is 2.23. The molecule has 1 aromatic heterocycles. The quantitative estimate of drug-likeness (QED) is 0.618. The van der Waals surface area contributed by atoms with E-state index in [0.717, 1.165) is 5.56 Å². The van der Waals surface area contributed by atoms with Gasteiger partial charge in [0.25, 0.3) is 0 Å². The first-order valence-corrected chi connectivity index (χ1v) is 5.06. The molecule has 2 rings (SSSR count). The van der Waals surface area contributed by atoms with Crippen LogP contribution in [0.5, 0.6) is 0 Å². The molecule has 0 aliphatic carbocycles. The van der Waals surface area contributed by atoms with Crippen LogP contribution in [0.2, 0.25) is 0 Å². The highest BCUT2D eigenvalue weighted by atomic mass is 16.3. The molecule has 0 spiro atoms. The van der Waals surface area contributed by atoms with Crippen molar-refractivity contribution >= 4 is 16.7 Å². The van der Waals surface area contributed by atoms with E-state index in [1.165, 1.54) is 6.07 Å². The molecule has 0 saturated heterocycles. The van der Waals surface area contributed by atoms with Crippen LogP contribution in [-0.4, -0.2) is 0 Å². The summed E-state index contributed by atoms with van der Waals surface area (Å²) in [7, 11) is 0. The first kappa shape index (κ1) is 10.5. The Morgan fingerprint density at radius 1 is 1.50 bits per heavy atom. The van der Waals surface area contributed by atoms with Crippen LogP contribution in [0.25, 0.3) is 11.0 Å². The predicted molar refractivity (Wildman–Crippen MR) is 65.5 cm³/mol. The second kappa shape index (κ2) is 3.85. The predicted octanol–water partition coefficient (Wildman–Crippen LogP) is 2.41. The molecule has 0 aliphatic heterocycles.